The zero-order valence-corrected chi connectivity index (χ0v) is 16.4. The second kappa shape index (κ2) is 12.4. The van der Waals surface area contributed by atoms with Crippen molar-refractivity contribution in [3.8, 4) is 0 Å². The van der Waals surface area contributed by atoms with Crippen molar-refractivity contribution in [3.63, 3.8) is 0 Å². The third-order valence-corrected chi connectivity index (χ3v) is 3.99. The molecule has 0 aliphatic rings. The van der Waals surface area contributed by atoms with Crippen molar-refractivity contribution in [2.24, 2.45) is 4.99 Å². The van der Waals surface area contributed by atoms with E-state index in [0.29, 0.717) is 13.2 Å². The molecule has 0 bridgehead atoms. The molecule has 0 spiro atoms. The molecule has 0 radical (unpaired) electrons. The third kappa shape index (κ3) is 8.38. The number of ether oxygens (including phenoxy) is 1. The first-order valence-electron chi connectivity index (χ1n) is 7.44. The Hall–Kier alpha value is -1.06. The van der Waals surface area contributed by atoms with E-state index >= 15 is 0 Å². The second-order valence-corrected chi connectivity index (χ2v) is 5.77. The summed E-state index contributed by atoms with van der Waals surface area (Å²) in [5.41, 5.74) is 0. The first-order valence-corrected chi connectivity index (χ1v) is 8.32. The molecule has 2 N–H and O–H groups in total. The smallest absolute Gasteiger partial charge is 0.191 e. The van der Waals surface area contributed by atoms with Crippen LogP contribution in [0.4, 0.5) is 0 Å². The molecule has 0 atom stereocenters. The third-order valence-electron chi connectivity index (χ3n) is 3.05. The molecule has 0 aliphatic carbocycles. The Morgan fingerprint density at radius 2 is 2.04 bits per heavy atom. The molecule has 0 amide bonds. The van der Waals surface area contributed by atoms with Gasteiger partial charge in [-0.25, -0.2) is 0 Å². The minimum absolute atomic E-state index is 0. The average Bonchev–Trinajstić information content (AvgIpc) is 3.20. The lowest BCUT2D eigenvalue weighted by Crippen LogP contribution is -2.39. The van der Waals surface area contributed by atoms with Crippen LogP contribution in [-0.2, 0) is 17.6 Å². The molecular formula is C16H24IN3O2S. The number of hydrogen-bond donors (Lipinski definition) is 2. The molecule has 0 aliphatic heterocycles. The summed E-state index contributed by atoms with van der Waals surface area (Å²) in [6.45, 7) is 2.91. The molecule has 23 heavy (non-hydrogen) atoms. The maximum atomic E-state index is 5.33. The van der Waals surface area contributed by atoms with E-state index in [1.54, 1.807) is 24.7 Å². The molecule has 0 saturated heterocycles. The van der Waals surface area contributed by atoms with Crippen LogP contribution < -0.4 is 10.6 Å². The van der Waals surface area contributed by atoms with Crippen LogP contribution >= 0.6 is 35.3 Å². The number of rotatable bonds is 9. The summed E-state index contributed by atoms with van der Waals surface area (Å²) in [6.07, 6.45) is 3.53. The predicted molar refractivity (Wildman–Crippen MR) is 106 cm³/mol. The highest BCUT2D eigenvalue weighted by molar-refractivity contribution is 14.0. The molecule has 5 nitrogen and oxygen atoms in total. The minimum Gasteiger partial charge on any atom is -0.469 e. The standard InChI is InChI=1S/C16H23N3O2S.HI/c1-20-12-10-19-16(17-8-6-14-4-2-11-21-14)18-9-7-15-5-3-13-22-15;/h2-5,11,13H,6-10,12H2,1H3,(H2,17,18,19);1H. The van der Waals surface area contributed by atoms with E-state index in [-0.39, 0.29) is 24.0 Å². The van der Waals surface area contributed by atoms with Crippen LogP contribution in [0.1, 0.15) is 10.6 Å². The van der Waals surface area contributed by atoms with Gasteiger partial charge in [0, 0.05) is 31.5 Å². The highest BCUT2D eigenvalue weighted by Gasteiger charge is 2.01. The van der Waals surface area contributed by atoms with E-state index in [0.717, 1.165) is 37.7 Å². The number of aliphatic imine (C=N–C) groups is 1. The fourth-order valence-corrected chi connectivity index (χ4v) is 2.65. The van der Waals surface area contributed by atoms with Gasteiger partial charge < -0.3 is 19.8 Å². The van der Waals surface area contributed by atoms with Crippen molar-refractivity contribution >= 4 is 41.3 Å². The maximum absolute atomic E-state index is 5.33. The fourth-order valence-electron chi connectivity index (χ4n) is 1.94. The maximum Gasteiger partial charge on any atom is 0.191 e. The number of thiophene rings is 1. The summed E-state index contributed by atoms with van der Waals surface area (Å²) < 4.78 is 10.4. The van der Waals surface area contributed by atoms with Gasteiger partial charge in [0.1, 0.15) is 5.76 Å². The monoisotopic (exact) mass is 449 g/mol. The highest BCUT2D eigenvalue weighted by Crippen LogP contribution is 2.08. The summed E-state index contributed by atoms with van der Waals surface area (Å²) in [5, 5.41) is 8.78. The second-order valence-electron chi connectivity index (χ2n) is 4.74. The minimum atomic E-state index is 0. The van der Waals surface area contributed by atoms with Crippen molar-refractivity contribution in [1.82, 2.24) is 10.6 Å². The van der Waals surface area contributed by atoms with Crippen LogP contribution in [0, 0.1) is 0 Å². The molecule has 0 aromatic carbocycles. The summed E-state index contributed by atoms with van der Waals surface area (Å²) in [7, 11) is 1.68. The Morgan fingerprint density at radius 1 is 1.22 bits per heavy atom. The fraction of sp³-hybridized carbons (Fsp3) is 0.438. The van der Waals surface area contributed by atoms with Gasteiger partial charge in [0.25, 0.3) is 0 Å². The van der Waals surface area contributed by atoms with Crippen molar-refractivity contribution in [2.75, 3.05) is 33.4 Å². The van der Waals surface area contributed by atoms with Crippen LogP contribution in [0.2, 0.25) is 0 Å². The van der Waals surface area contributed by atoms with Crippen LogP contribution in [-0.4, -0.2) is 39.3 Å². The van der Waals surface area contributed by atoms with E-state index in [1.165, 1.54) is 4.88 Å². The molecule has 2 aromatic heterocycles. The van der Waals surface area contributed by atoms with E-state index in [4.69, 9.17) is 9.15 Å². The summed E-state index contributed by atoms with van der Waals surface area (Å²) in [4.78, 5) is 5.87. The van der Waals surface area contributed by atoms with Crippen molar-refractivity contribution in [2.45, 2.75) is 12.8 Å². The van der Waals surface area contributed by atoms with E-state index in [9.17, 15) is 0 Å². The van der Waals surface area contributed by atoms with Gasteiger partial charge in [-0.3, -0.25) is 4.99 Å². The zero-order chi connectivity index (χ0) is 15.5. The lowest BCUT2D eigenvalue weighted by molar-refractivity contribution is 0.208. The Labute approximate surface area is 158 Å². The lowest BCUT2D eigenvalue weighted by atomic mass is 10.3. The molecule has 128 valence electrons. The summed E-state index contributed by atoms with van der Waals surface area (Å²) in [6, 6.07) is 8.11. The first-order chi connectivity index (χ1) is 10.9. The van der Waals surface area contributed by atoms with Crippen LogP contribution in [0.5, 0.6) is 0 Å². The van der Waals surface area contributed by atoms with Gasteiger partial charge in [-0.2, -0.15) is 0 Å². The Balaban J connectivity index is 0.00000264. The molecular weight excluding hydrogens is 425 g/mol. The highest BCUT2D eigenvalue weighted by atomic mass is 127. The van der Waals surface area contributed by atoms with E-state index in [1.807, 2.05) is 12.1 Å². The Morgan fingerprint density at radius 3 is 2.70 bits per heavy atom. The molecule has 0 unspecified atom stereocenters. The SMILES string of the molecule is COCCN=C(NCCc1ccco1)NCCc1cccs1.I. The zero-order valence-electron chi connectivity index (χ0n) is 13.3. The molecule has 2 heterocycles. The van der Waals surface area contributed by atoms with Gasteiger partial charge in [0.15, 0.2) is 5.96 Å². The van der Waals surface area contributed by atoms with Gasteiger partial charge in [0.2, 0.25) is 0 Å². The Kier molecular flexibility index (Phi) is 10.8. The van der Waals surface area contributed by atoms with Gasteiger partial charge in [0.05, 0.1) is 19.4 Å². The van der Waals surface area contributed by atoms with Crippen LogP contribution in [0.15, 0.2) is 45.3 Å². The number of methoxy groups -OCH3 is 1. The summed E-state index contributed by atoms with van der Waals surface area (Å²) in [5.74, 6) is 1.79. The quantitative estimate of drug-likeness (QED) is 0.268. The van der Waals surface area contributed by atoms with E-state index in [2.05, 4.69) is 33.1 Å². The van der Waals surface area contributed by atoms with Crippen molar-refractivity contribution < 1.29 is 9.15 Å². The van der Waals surface area contributed by atoms with Crippen molar-refractivity contribution in [1.29, 1.82) is 0 Å². The molecule has 2 aromatic rings. The molecule has 0 fully saturated rings. The van der Waals surface area contributed by atoms with Gasteiger partial charge >= 0.3 is 0 Å². The number of guanidine groups is 1. The van der Waals surface area contributed by atoms with Gasteiger partial charge in [-0.15, -0.1) is 35.3 Å². The molecule has 7 heteroatoms. The van der Waals surface area contributed by atoms with Crippen LogP contribution in [0.25, 0.3) is 0 Å². The van der Waals surface area contributed by atoms with Gasteiger partial charge in [-0.05, 0) is 30.0 Å². The first kappa shape index (κ1) is 20.0. The normalized spacial score (nSPS) is 11.1. The number of hydrogen-bond acceptors (Lipinski definition) is 4. The van der Waals surface area contributed by atoms with Gasteiger partial charge in [-0.1, -0.05) is 6.07 Å². The van der Waals surface area contributed by atoms with Crippen LogP contribution in [0.3, 0.4) is 0 Å². The largest absolute Gasteiger partial charge is 0.469 e. The van der Waals surface area contributed by atoms with E-state index < -0.39 is 0 Å². The van der Waals surface area contributed by atoms with Crippen molar-refractivity contribution in [3.05, 3.63) is 46.5 Å². The molecule has 2 rings (SSSR count). The number of nitrogens with zero attached hydrogens (tertiary/aromatic N) is 1. The topological polar surface area (TPSA) is 58.8 Å². The predicted octanol–water partition coefficient (Wildman–Crippen LogP) is 2.93. The summed E-state index contributed by atoms with van der Waals surface area (Å²) >= 11 is 1.78. The lowest BCUT2D eigenvalue weighted by Gasteiger charge is -2.12. The Bertz CT molecular complexity index is 487. The number of nitrogens with one attached hydrogen (secondary N) is 2. The number of furan rings is 1. The molecule has 0 saturated carbocycles. The number of halogens is 1. The average molecular weight is 449 g/mol.